The molecule has 1 heterocycles. The molecule has 0 aliphatic carbocycles. The molecule has 1 aromatic heterocycles. The summed E-state index contributed by atoms with van der Waals surface area (Å²) in [5.74, 6) is 0.663. The first-order valence-corrected chi connectivity index (χ1v) is 7.87. The molecular formula is C14H16BrIN2O. The van der Waals surface area contributed by atoms with E-state index in [-0.39, 0.29) is 5.54 Å². The van der Waals surface area contributed by atoms with Crippen LogP contribution in [0.2, 0.25) is 0 Å². The smallest absolute Gasteiger partial charge is 0.227 e. The van der Waals surface area contributed by atoms with Gasteiger partial charge >= 0.3 is 0 Å². The molecule has 0 fully saturated rings. The summed E-state index contributed by atoms with van der Waals surface area (Å²) in [7, 11) is 0. The third-order valence-corrected chi connectivity index (χ3v) is 3.94. The van der Waals surface area contributed by atoms with Crippen LogP contribution in [0.3, 0.4) is 0 Å². The highest BCUT2D eigenvalue weighted by atomic mass is 127. The maximum Gasteiger partial charge on any atom is 0.227 e. The van der Waals surface area contributed by atoms with Crippen LogP contribution < -0.4 is 5.32 Å². The molecule has 0 atom stereocenters. The SMILES string of the molecule is CC(C)(C)NCc1coc(-c2cc(Br)ccc2I)n1. The van der Waals surface area contributed by atoms with Gasteiger partial charge in [0.2, 0.25) is 5.89 Å². The molecule has 2 aromatic rings. The highest BCUT2D eigenvalue weighted by Crippen LogP contribution is 2.27. The van der Waals surface area contributed by atoms with Crippen molar-refractivity contribution in [2.45, 2.75) is 32.9 Å². The Balaban J connectivity index is 2.19. The number of nitrogens with one attached hydrogen (secondary N) is 1. The van der Waals surface area contributed by atoms with E-state index in [4.69, 9.17) is 4.42 Å². The predicted octanol–water partition coefficient (Wildman–Crippen LogP) is 4.60. The second kappa shape index (κ2) is 5.93. The van der Waals surface area contributed by atoms with Crippen LogP contribution in [0.5, 0.6) is 0 Å². The van der Waals surface area contributed by atoms with Crippen molar-refractivity contribution in [3.63, 3.8) is 0 Å². The van der Waals surface area contributed by atoms with Crippen molar-refractivity contribution in [2.75, 3.05) is 0 Å². The fraction of sp³-hybridized carbons (Fsp3) is 0.357. The molecular weight excluding hydrogens is 419 g/mol. The normalized spacial score (nSPS) is 11.8. The van der Waals surface area contributed by atoms with Crippen molar-refractivity contribution in [1.82, 2.24) is 10.3 Å². The minimum absolute atomic E-state index is 0.0727. The molecule has 102 valence electrons. The van der Waals surface area contributed by atoms with Crippen LogP contribution in [0, 0.1) is 3.57 Å². The summed E-state index contributed by atoms with van der Waals surface area (Å²) in [6.07, 6.45) is 1.71. The molecule has 1 N–H and O–H groups in total. The van der Waals surface area contributed by atoms with Crippen LogP contribution in [-0.4, -0.2) is 10.5 Å². The third kappa shape index (κ3) is 4.29. The molecule has 0 saturated carbocycles. The van der Waals surface area contributed by atoms with Gasteiger partial charge in [0.1, 0.15) is 6.26 Å². The van der Waals surface area contributed by atoms with E-state index in [1.165, 1.54) is 0 Å². The van der Waals surface area contributed by atoms with Crippen LogP contribution in [0.25, 0.3) is 11.5 Å². The maximum absolute atomic E-state index is 5.57. The summed E-state index contributed by atoms with van der Waals surface area (Å²) < 4.78 is 7.72. The van der Waals surface area contributed by atoms with Crippen molar-refractivity contribution in [1.29, 1.82) is 0 Å². The van der Waals surface area contributed by atoms with E-state index in [1.807, 2.05) is 18.2 Å². The number of hydrogen-bond acceptors (Lipinski definition) is 3. The van der Waals surface area contributed by atoms with Crippen LogP contribution in [0.1, 0.15) is 26.5 Å². The molecule has 1 aromatic carbocycles. The monoisotopic (exact) mass is 434 g/mol. The molecule has 0 spiro atoms. The summed E-state index contributed by atoms with van der Waals surface area (Å²) >= 11 is 5.76. The lowest BCUT2D eigenvalue weighted by atomic mass is 10.1. The van der Waals surface area contributed by atoms with Gasteiger partial charge in [0.25, 0.3) is 0 Å². The van der Waals surface area contributed by atoms with Gasteiger partial charge in [-0.2, -0.15) is 0 Å². The summed E-state index contributed by atoms with van der Waals surface area (Å²) in [4.78, 5) is 4.53. The number of benzene rings is 1. The first kappa shape index (κ1) is 15.0. The topological polar surface area (TPSA) is 38.1 Å². The summed E-state index contributed by atoms with van der Waals surface area (Å²) in [6, 6.07) is 6.07. The van der Waals surface area contributed by atoms with Gasteiger partial charge in [0.05, 0.1) is 11.3 Å². The fourth-order valence-electron chi connectivity index (χ4n) is 1.53. The predicted molar refractivity (Wildman–Crippen MR) is 88.9 cm³/mol. The molecule has 0 bridgehead atoms. The van der Waals surface area contributed by atoms with Crippen molar-refractivity contribution in [2.24, 2.45) is 0 Å². The zero-order valence-corrected chi connectivity index (χ0v) is 14.9. The van der Waals surface area contributed by atoms with E-state index in [2.05, 4.69) is 69.6 Å². The molecule has 5 heteroatoms. The van der Waals surface area contributed by atoms with Crippen LogP contribution in [0.15, 0.2) is 33.4 Å². The van der Waals surface area contributed by atoms with Gasteiger partial charge in [0.15, 0.2) is 0 Å². The summed E-state index contributed by atoms with van der Waals surface area (Å²) in [5.41, 5.74) is 2.00. The van der Waals surface area contributed by atoms with E-state index in [9.17, 15) is 0 Å². The minimum Gasteiger partial charge on any atom is -0.444 e. The molecule has 0 aliphatic rings. The Kier molecular flexibility index (Phi) is 4.68. The number of hydrogen-bond donors (Lipinski definition) is 1. The number of aromatic nitrogens is 1. The van der Waals surface area contributed by atoms with E-state index in [0.29, 0.717) is 12.4 Å². The van der Waals surface area contributed by atoms with Gasteiger partial charge in [-0.1, -0.05) is 15.9 Å². The molecule has 0 amide bonds. The van der Waals surface area contributed by atoms with E-state index in [1.54, 1.807) is 6.26 Å². The summed E-state index contributed by atoms with van der Waals surface area (Å²) in [5, 5.41) is 3.40. The Morgan fingerprint density at radius 3 is 2.79 bits per heavy atom. The fourth-order valence-corrected chi connectivity index (χ4v) is 2.46. The van der Waals surface area contributed by atoms with Crippen LogP contribution in [0.4, 0.5) is 0 Å². The Morgan fingerprint density at radius 1 is 1.37 bits per heavy atom. The van der Waals surface area contributed by atoms with Crippen LogP contribution >= 0.6 is 38.5 Å². The molecule has 2 rings (SSSR count). The lowest BCUT2D eigenvalue weighted by Crippen LogP contribution is -2.35. The van der Waals surface area contributed by atoms with E-state index >= 15 is 0 Å². The first-order valence-electron chi connectivity index (χ1n) is 6.00. The average Bonchev–Trinajstić information content (AvgIpc) is 2.77. The minimum atomic E-state index is 0.0727. The van der Waals surface area contributed by atoms with Gasteiger partial charge in [-0.3, -0.25) is 0 Å². The Morgan fingerprint density at radius 2 is 2.11 bits per heavy atom. The molecule has 0 saturated heterocycles. The molecule has 0 aliphatic heterocycles. The molecule has 0 unspecified atom stereocenters. The Hall–Kier alpha value is -0.400. The molecule has 19 heavy (non-hydrogen) atoms. The van der Waals surface area contributed by atoms with Crippen molar-refractivity contribution in [3.8, 4) is 11.5 Å². The van der Waals surface area contributed by atoms with E-state index in [0.717, 1.165) is 19.3 Å². The third-order valence-electron chi connectivity index (χ3n) is 2.51. The molecule has 0 radical (unpaired) electrons. The van der Waals surface area contributed by atoms with Crippen molar-refractivity contribution < 1.29 is 4.42 Å². The lowest BCUT2D eigenvalue weighted by Gasteiger charge is -2.19. The van der Waals surface area contributed by atoms with Gasteiger partial charge in [-0.05, 0) is 61.6 Å². The quantitative estimate of drug-likeness (QED) is 0.717. The zero-order valence-electron chi connectivity index (χ0n) is 11.1. The highest BCUT2D eigenvalue weighted by Gasteiger charge is 2.13. The Bertz CT molecular complexity index is 575. The zero-order chi connectivity index (χ0) is 14.0. The Labute approximate surface area is 135 Å². The van der Waals surface area contributed by atoms with E-state index < -0.39 is 0 Å². The second-order valence-corrected chi connectivity index (χ2v) is 7.45. The number of rotatable bonds is 3. The second-order valence-electron chi connectivity index (χ2n) is 5.37. The first-order chi connectivity index (χ1) is 8.85. The number of nitrogens with zero attached hydrogens (tertiary/aromatic N) is 1. The number of halogens is 2. The largest absolute Gasteiger partial charge is 0.444 e. The van der Waals surface area contributed by atoms with Gasteiger partial charge in [-0.25, -0.2) is 4.98 Å². The standard InChI is InChI=1S/C14H16BrIN2O/c1-14(2,3)17-7-10-8-19-13(18-10)11-6-9(15)4-5-12(11)16/h4-6,8,17H,7H2,1-3H3. The van der Waals surface area contributed by atoms with Crippen LogP contribution in [-0.2, 0) is 6.54 Å². The van der Waals surface area contributed by atoms with Crippen molar-refractivity contribution >= 4 is 38.5 Å². The van der Waals surface area contributed by atoms with Crippen molar-refractivity contribution in [3.05, 3.63) is 38.2 Å². The highest BCUT2D eigenvalue weighted by molar-refractivity contribution is 14.1. The maximum atomic E-state index is 5.57. The average molecular weight is 435 g/mol. The summed E-state index contributed by atoms with van der Waals surface area (Å²) in [6.45, 7) is 7.10. The van der Waals surface area contributed by atoms with Gasteiger partial charge in [0, 0.05) is 20.1 Å². The number of oxazole rings is 1. The molecule has 3 nitrogen and oxygen atoms in total. The van der Waals surface area contributed by atoms with Gasteiger partial charge < -0.3 is 9.73 Å². The lowest BCUT2D eigenvalue weighted by molar-refractivity contribution is 0.421. The van der Waals surface area contributed by atoms with Gasteiger partial charge in [-0.15, -0.1) is 0 Å².